The quantitative estimate of drug-likeness (QED) is 0.136. The molecule has 0 bridgehead atoms. The van der Waals surface area contributed by atoms with Crippen LogP contribution in [0.1, 0.15) is 30.9 Å². The van der Waals surface area contributed by atoms with Gasteiger partial charge in [-0.2, -0.15) is 0 Å². The molecule has 3 aliphatic carbocycles. The normalized spacial score (nSPS) is 27.0. The number of ketones is 2. The molecule has 0 unspecified atom stereocenters. The smallest absolute Gasteiger partial charge is 0.255 e. The van der Waals surface area contributed by atoms with Gasteiger partial charge >= 0.3 is 0 Å². The van der Waals surface area contributed by atoms with Crippen molar-refractivity contribution < 1.29 is 44.0 Å². The van der Waals surface area contributed by atoms with Crippen LogP contribution in [0.15, 0.2) is 23.0 Å². The summed E-state index contributed by atoms with van der Waals surface area (Å²) >= 11 is 0. The van der Waals surface area contributed by atoms with Gasteiger partial charge < -0.3 is 42.5 Å². The van der Waals surface area contributed by atoms with Crippen LogP contribution in [0, 0.1) is 17.7 Å². The van der Waals surface area contributed by atoms with E-state index in [-0.39, 0.29) is 30.6 Å². The zero-order chi connectivity index (χ0) is 27.4. The minimum Gasteiger partial charge on any atom is -0.508 e. The van der Waals surface area contributed by atoms with E-state index in [1.165, 1.54) is 0 Å². The number of nitrogens with two attached hydrogens (primary N) is 2. The second-order valence-corrected chi connectivity index (χ2v) is 9.41. The number of Topliss-reactive ketones (excluding diaryl/α,β-unsaturated/α-hetero) is 2. The van der Waals surface area contributed by atoms with Gasteiger partial charge in [0.15, 0.2) is 17.1 Å². The summed E-state index contributed by atoms with van der Waals surface area (Å²) in [6, 6.07) is -0.705. The van der Waals surface area contributed by atoms with Crippen LogP contribution in [0.4, 0.5) is 10.1 Å². The van der Waals surface area contributed by atoms with Crippen molar-refractivity contribution in [2.45, 2.75) is 37.8 Å². The molecule has 3 aliphatic rings. The molecule has 13 heteroatoms. The number of fused-ring (bicyclic) bond motifs is 3. The first kappa shape index (κ1) is 26.3. The minimum absolute atomic E-state index is 0.124. The standard InChI is InChI=1S/C24H27FN4O8/c1-2-3-28-7-13(30)29-12-6-11(25)9-4-8-5-10-17(26)20(33)16(23(27)36)22(35)24(10,37)21(34)14(8)19(32)15(9)18(12)31/h6,8,10,17,28,31-32,35,37H,2-5,7,26H2,1H3,(H2,27,36)(H,29,30)/t8-,10-,17-,24-/m0/s1. The van der Waals surface area contributed by atoms with Crippen LogP contribution >= 0.6 is 0 Å². The van der Waals surface area contributed by atoms with E-state index in [4.69, 9.17) is 11.5 Å². The van der Waals surface area contributed by atoms with Gasteiger partial charge in [-0.25, -0.2) is 4.39 Å². The second-order valence-electron chi connectivity index (χ2n) is 9.41. The van der Waals surface area contributed by atoms with Crippen LogP contribution < -0.4 is 22.1 Å². The number of carbonyl (C=O) groups is 4. The Labute approximate surface area is 209 Å². The molecule has 10 N–H and O–H groups in total. The van der Waals surface area contributed by atoms with Gasteiger partial charge in [0.2, 0.25) is 11.7 Å². The Morgan fingerprint density at radius 1 is 1.24 bits per heavy atom. The van der Waals surface area contributed by atoms with E-state index >= 15 is 4.39 Å². The molecule has 0 aliphatic heterocycles. The topological polar surface area (TPSA) is 225 Å². The lowest BCUT2D eigenvalue weighted by Gasteiger charge is -2.48. The first-order chi connectivity index (χ1) is 17.4. The molecule has 1 aromatic rings. The minimum atomic E-state index is -2.86. The fraction of sp³-hybridized carbons (Fsp3) is 0.417. The number of aliphatic hydroxyl groups excluding tert-OH is 2. The Morgan fingerprint density at radius 3 is 2.54 bits per heavy atom. The number of primary amides is 1. The lowest BCUT2D eigenvalue weighted by Crippen LogP contribution is -2.65. The maximum Gasteiger partial charge on any atom is 0.255 e. The van der Waals surface area contributed by atoms with Crippen LogP contribution in [-0.4, -0.2) is 68.5 Å². The van der Waals surface area contributed by atoms with Crippen LogP contribution in [0.25, 0.3) is 5.76 Å². The van der Waals surface area contributed by atoms with E-state index < -0.39 is 86.7 Å². The molecule has 0 radical (unpaired) electrons. The number of phenolic OH excluding ortho intramolecular Hbond substituents is 1. The van der Waals surface area contributed by atoms with Gasteiger partial charge in [-0.05, 0) is 31.7 Å². The molecular formula is C24H27FN4O8. The Balaban J connectivity index is 1.82. The van der Waals surface area contributed by atoms with Crippen LogP contribution in [-0.2, 0) is 25.6 Å². The monoisotopic (exact) mass is 518 g/mol. The number of benzene rings is 1. The zero-order valence-electron chi connectivity index (χ0n) is 19.8. The highest BCUT2D eigenvalue weighted by molar-refractivity contribution is 6.24. The van der Waals surface area contributed by atoms with Crippen LogP contribution in [0.5, 0.6) is 5.75 Å². The summed E-state index contributed by atoms with van der Waals surface area (Å²) < 4.78 is 15.1. The predicted octanol–water partition coefficient (Wildman–Crippen LogP) is -0.562. The lowest BCUT2D eigenvalue weighted by molar-refractivity contribution is -0.149. The molecular weight excluding hydrogens is 491 g/mol. The van der Waals surface area contributed by atoms with Crippen molar-refractivity contribution in [1.82, 2.24) is 5.32 Å². The summed E-state index contributed by atoms with van der Waals surface area (Å²) in [5, 5.41) is 49.0. The van der Waals surface area contributed by atoms with Crippen molar-refractivity contribution in [2.75, 3.05) is 18.4 Å². The molecule has 12 nitrogen and oxygen atoms in total. The highest BCUT2D eigenvalue weighted by Gasteiger charge is 2.63. The number of rotatable bonds is 6. The molecule has 37 heavy (non-hydrogen) atoms. The van der Waals surface area contributed by atoms with E-state index in [1.54, 1.807) is 0 Å². The number of amides is 2. The Bertz CT molecular complexity index is 1310. The third-order valence-corrected chi connectivity index (χ3v) is 7.18. The SMILES string of the molecule is CCCNCC(=O)Nc1cc(F)c2c(c1O)C(O)=C1C(=O)[C@]3(O)C(O)=C(C(N)=O)C(=O)[C@@H](N)[C@@H]3C[C@@H]1C2. The summed E-state index contributed by atoms with van der Waals surface area (Å²) in [6.07, 6.45) is 0.291. The van der Waals surface area contributed by atoms with Crippen LogP contribution in [0.2, 0.25) is 0 Å². The second kappa shape index (κ2) is 9.25. The molecule has 4 atom stereocenters. The third kappa shape index (κ3) is 3.86. The highest BCUT2D eigenvalue weighted by atomic mass is 19.1. The Morgan fingerprint density at radius 2 is 1.92 bits per heavy atom. The Hall–Kier alpha value is -3.81. The van der Waals surface area contributed by atoms with Gasteiger partial charge in [0.25, 0.3) is 5.91 Å². The largest absolute Gasteiger partial charge is 0.508 e. The van der Waals surface area contributed by atoms with Crippen molar-refractivity contribution >= 4 is 34.8 Å². The number of anilines is 1. The van der Waals surface area contributed by atoms with Gasteiger partial charge in [-0.3, -0.25) is 19.2 Å². The van der Waals surface area contributed by atoms with E-state index in [2.05, 4.69) is 10.6 Å². The van der Waals surface area contributed by atoms with E-state index in [0.717, 1.165) is 12.5 Å². The summed E-state index contributed by atoms with van der Waals surface area (Å²) in [7, 11) is 0. The van der Waals surface area contributed by atoms with Gasteiger partial charge in [-0.15, -0.1) is 0 Å². The number of aliphatic hydroxyl groups is 3. The molecule has 0 spiro atoms. The molecule has 0 saturated heterocycles. The summed E-state index contributed by atoms with van der Waals surface area (Å²) in [6.45, 7) is 2.32. The maximum atomic E-state index is 15.1. The van der Waals surface area contributed by atoms with E-state index in [0.29, 0.717) is 6.54 Å². The number of nitrogens with one attached hydrogen (secondary N) is 2. The van der Waals surface area contributed by atoms with Gasteiger partial charge in [-0.1, -0.05) is 6.92 Å². The first-order valence-corrected chi connectivity index (χ1v) is 11.6. The molecule has 2 amide bonds. The number of hydrogen-bond acceptors (Lipinski definition) is 10. The fourth-order valence-corrected chi connectivity index (χ4v) is 5.41. The van der Waals surface area contributed by atoms with Gasteiger partial charge in [0.1, 0.15) is 22.9 Å². The number of phenols is 1. The lowest BCUT2D eigenvalue weighted by atomic mass is 9.58. The molecule has 4 rings (SSSR count). The average Bonchev–Trinajstić information content (AvgIpc) is 2.82. The van der Waals surface area contributed by atoms with Gasteiger partial charge in [0, 0.05) is 23.1 Å². The molecule has 1 aromatic carbocycles. The first-order valence-electron chi connectivity index (χ1n) is 11.6. The fourth-order valence-electron chi connectivity index (χ4n) is 5.41. The number of hydrogen-bond donors (Lipinski definition) is 8. The number of aromatic hydroxyl groups is 1. The summed E-state index contributed by atoms with van der Waals surface area (Å²) in [4.78, 5) is 50.0. The Kier molecular flexibility index (Phi) is 6.56. The number of carbonyl (C=O) groups excluding carboxylic acids is 4. The molecule has 1 fully saturated rings. The number of halogens is 1. The summed E-state index contributed by atoms with van der Waals surface area (Å²) in [5.41, 5.74) is 5.78. The van der Waals surface area contributed by atoms with E-state index in [1.807, 2.05) is 6.92 Å². The van der Waals surface area contributed by atoms with E-state index in [9.17, 15) is 39.6 Å². The zero-order valence-corrected chi connectivity index (χ0v) is 19.8. The predicted molar refractivity (Wildman–Crippen MR) is 126 cm³/mol. The molecule has 198 valence electrons. The molecule has 1 saturated carbocycles. The van der Waals surface area contributed by atoms with Crippen molar-refractivity contribution in [3.63, 3.8) is 0 Å². The molecule has 0 heterocycles. The molecule has 0 aromatic heterocycles. The van der Waals surface area contributed by atoms with Crippen molar-refractivity contribution in [3.8, 4) is 5.75 Å². The maximum absolute atomic E-state index is 15.1. The summed E-state index contributed by atoms with van der Waals surface area (Å²) in [5.74, 6) is -10.4. The van der Waals surface area contributed by atoms with Crippen molar-refractivity contribution in [3.05, 3.63) is 39.9 Å². The van der Waals surface area contributed by atoms with Crippen molar-refractivity contribution in [1.29, 1.82) is 0 Å². The average molecular weight is 518 g/mol. The van der Waals surface area contributed by atoms with Crippen LogP contribution in [0.3, 0.4) is 0 Å². The van der Waals surface area contributed by atoms with Gasteiger partial charge in [0.05, 0.1) is 23.8 Å². The van der Waals surface area contributed by atoms with Crippen molar-refractivity contribution in [2.24, 2.45) is 23.3 Å². The highest BCUT2D eigenvalue weighted by Crippen LogP contribution is 2.52. The third-order valence-electron chi connectivity index (χ3n) is 7.18.